The maximum atomic E-state index is 5.09. The molecule has 0 aromatic heterocycles. The third-order valence-corrected chi connectivity index (χ3v) is 3.32. The molecule has 0 spiro atoms. The highest BCUT2D eigenvalue weighted by molar-refractivity contribution is 9.10. The summed E-state index contributed by atoms with van der Waals surface area (Å²) in [7, 11) is 0. The predicted molar refractivity (Wildman–Crippen MR) is 60.3 cm³/mol. The molecule has 1 N–H and O–H groups in total. The monoisotopic (exact) mass is 255 g/mol. The van der Waals surface area contributed by atoms with E-state index < -0.39 is 0 Å². The van der Waals surface area contributed by atoms with Gasteiger partial charge in [0.1, 0.15) is 0 Å². The van der Waals surface area contributed by atoms with Gasteiger partial charge in [-0.15, -0.1) is 0 Å². The summed E-state index contributed by atoms with van der Waals surface area (Å²) in [4.78, 5) is 0. The molecule has 1 saturated heterocycles. The largest absolute Gasteiger partial charge is 0.378 e. The molecule has 0 amide bonds. The molecule has 1 fully saturated rings. The van der Waals surface area contributed by atoms with E-state index in [1.807, 2.05) is 0 Å². The van der Waals surface area contributed by atoms with Crippen LogP contribution in [0.5, 0.6) is 0 Å². The first-order valence-electron chi connectivity index (χ1n) is 4.82. The first-order chi connectivity index (χ1) is 6.75. The molecular formula is C11H14BrNO. The Morgan fingerprint density at radius 2 is 2.29 bits per heavy atom. The van der Waals surface area contributed by atoms with E-state index in [1.54, 1.807) is 0 Å². The third kappa shape index (κ3) is 2.35. The Hall–Kier alpha value is -0.380. The Kier molecular flexibility index (Phi) is 3.21. The average Bonchev–Trinajstić information content (AvgIpc) is 2.08. The van der Waals surface area contributed by atoms with Crippen LogP contribution < -0.4 is 5.32 Å². The van der Waals surface area contributed by atoms with E-state index in [4.69, 9.17) is 4.74 Å². The van der Waals surface area contributed by atoms with Crippen LogP contribution in [-0.4, -0.2) is 19.3 Å². The second-order valence-electron chi connectivity index (χ2n) is 3.70. The summed E-state index contributed by atoms with van der Waals surface area (Å²) >= 11 is 3.53. The lowest BCUT2D eigenvalue weighted by Crippen LogP contribution is -2.45. The predicted octanol–water partition coefficient (Wildman–Crippen LogP) is 2.25. The molecule has 0 bridgehead atoms. The highest BCUT2D eigenvalue weighted by Gasteiger charge is 2.16. The van der Waals surface area contributed by atoms with Crippen LogP contribution in [0.15, 0.2) is 22.7 Å². The molecule has 1 aliphatic rings. The van der Waals surface area contributed by atoms with Crippen LogP contribution in [0.3, 0.4) is 0 Å². The summed E-state index contributed by atoms with van der Waals surface area (Å²) in [5.41, 5.74) is 2.59. The maximum Gasteiger partial charge on any atom is 0.0643 e. The van der Waals surface area contributed by atoms with E-state index in [0.29, 0.717) is 6.04 Å². The van der Waals surface area contributed by atoms with Gasteiger partial charge in [0.05, 0.1) is 19.3 Å². The molecule has 1 aromatic rings. The van der Waals surface area contributed by atoms with Gasteiger partial charge in [-0.05, 0) is 24.1 Å². The van der Waals surface area contributed by atoms with E-state index in [2.05, 4.69) is 46.4 Å². The van der Waals surface area contributed by atoms with E-state index in [9.17, 15) is 0 Å². The number of halogens is 1. The number of hydrogen-bond donors (Lipinski definition) is 1. The smallest absolute Gasteiger partial charge is 0.0643 e. The minimum Gasteiger partial charge on any atom is -0.378 e. The number of rotatable bonds is 3. The standard InChI is InChI=1S/C11H14BrNO/c1-8-2-3-9(4-11(8)12)5-13-10-6-14-7-10/h2-4,10,13H,5-7H2,1H3. The highest BCUT2D eigenvalue weighted by Crippen LogP contribution is 2.17. The summed E-state index contributed by atoms with van der Waals surface area (Å²) in [6, 6.07) is 7.02. The van der Waals surface area contributed by atoms with Crippen molar-refractivity contribution in [2.45, 2.75) is 19.5 Å². The molecule has 0 atom stereocenters. The van der Waals surface area contributed by atoms with Crippen molar-refractivity contribution in [2.75, 3.05) is 13.2 Å². The molecule has 1 heterocycles. The van der Waals surface area contributed by atoms with Crippen molar-refractivity contribution in [2.24, 2.45) is 0 Å². The van der Waals surface area contributed by atoms with Crippen LogP contribution in [0.2, 0.25) is 0 Å². The van der Waals surface area contributed by atoms with Crippen molar-refractivity contribution in [3.05, 3.63) is 33.8 Å². The SMILES string of the molecule is Cc1ccc(CNC2COC2)cc1Br. The first kappa shape index (κ1) is 10.1. The highest BCUT2D eigenvalue weighted by atomic mass is 79.9. The van der Waals surface area contributed by atoms with Gasteiger partial charge in [0, 0.05) is 11.0 Å². The van der Waals surface area contributed by atoms with Gasteiger partial charge in [-0.25, -0.2) is 0 Å². The van der Waals surface area contributed by atoms with Crippen LogP contribution in [0.4, 0.5) is 0 Å². The van der Waals surface area contributed by atoms with Crippen molar-refractivity contribution in [1.82, 2.24) is 5.32 Å². The van der Waals surface area contributed by atoms with E-state index in [-0.39, 0.29) is 0 Å². The second-order valence-corrected chi connectivity index (χ2v) is 4.55. The van der Waals surface area contributed by atoms with Crippen LogP contribution in [0, 0.1) is 6.92 Å². The summed E-state index contributed by atoms with van der Waals surface area (Å²) in [6.07, 6.45) is 0. The minimum atomic E-state index is 0.551. The molecule has 0 aliphatic carbocycles. The van der Waals surface area contributed by atoms with Crippen molar-refractivity contribution in [3.8, 4) is 0 Å². The van der Waals surface area contributed by atoms with Gasteiger partial charge in [0.15, 0.2) is 0 Å². The number of aryl methyl sites for hydroxylation is 1. The van der Waals surface area contributed by atoms with Crippen molar-refractivity contribution >= 4 is 15.9 Å². The molecule has 3 heteroatoms. The Balaban J connectivity index is 1.91. The second kappa shape index (κ2) is 4.43. The van der Waals surface area contributed by atoms with Crippen molar-refractivity contribution < 1.29 is 4.74 Å². The quantitative estimate of drug-likeness (QED) is 0.895. The average molecular weight is 256 g/mol. The zero-order valence-electron chi connectivity index (χ0n) is 8.22. The molecule has 0 radical (unpaired) electrons. The fourth-order valence-corrected chi connectivity index (χ4v) is 1.79. The van der Waals surface area contributed by atoms with E-state index in [0.717, 1.165) is 19.8 Å². The summed E-state index contributed by atoms with van der Waals surface area (Å²) in [6.45, 7) is 4.73. The minimum absolute atomic E-state index is 0.551. The number of ether oxygens (including phenoxy) is 1. The lowest BCUT2D eigenvalue weighted by molar-refractivity contribution is -0.00578. The molecule has 0 unspecified atom stereocenters. The Labute approximate surface area is 92.8 Å². The lowest BCUT2D eigenvalue weighted by atomic mass is 10.1. The molecule has 2 rings (SSSR count). The molecule has 2 nitrogen and oxygen atoms in total. The van der Waals surface area contributed by atoms with Gasteiger partial charge in [0.25, 0.3) is 0 Å². The number of benzene rings is 1. The first-order valence-corrected chi connectivity index (χ1v) is 5.61. The van der Waals surface area contributed by atoms with Crippen LogP contribution in [0.25, 0.3) is 0 Å². The van der Waals surface area contributed by atoms with Crippen molar-refractivity contribution in [1.29, 1.82) is 0 Å². The Morgan fingerprint density at radius 3 is 2.86 bits per heavy atom. The van der Waals surface area contributed by atoms with Crippen LogP contribution in [0.1, 0.15) is 11.1 Å². The number of nitrogens with one attached hydrogen (secondary N) is 1. The molecule has 76 valence electrons. The van der Waals surface area contributed by atoms with Gasteiger partial charge in [-0.2, -0.15) is 0 Å². The van der Waals surface area contributed by atoms with Gasteiger partial charge >= 0.3 is 0 Å². The number of hydrogen-bond acceptors (Lipinski definition) is 2. The summed E-state index contributed by atoms with van der Waals surface area (Å²) in [5.74, 6) is 0. The van der Waals surface area contributed by atoms with Crippen LogP contribution >= 0.6 is 15.9 Å². The Bertz CT molecular complexity index is 323. The van der Waals surface area contributed by atoms with Gasteiger partial charge in [0.2, 0.25) is 0 Å². The van der Waals surface area contributed by atoms with Crippen molar-refractivity contribution in [3.63, 3.8) is 0 Å². The zero-order chi connectivity index (χ0) is 9.97. The summed E-state index contributed by atoms with van der Waals surface area (Å²) in [5, 5.41) is 3.44. The lowest BCUT2D eigenvalue weighted by Gasteiger charge is -2.27. The van der Waals surface area contributed by atoms with Gasteiger partial charge in [-0.3, -0.25) is 0 Å². The molecule has 1 aromatic carbocycles. The molecule has 0 saturated carbocycles. The fourth-order valence-electron chi connectivity index (χ4n) is 1.36. The fraction of sp³-hybridized carbons (Fsp3) is 0.455. The molecule has 14 heavy (non-hydrogen) atoms. The summed E-state index contributed by atoms with van der Waals surface area (Å²) < 4.78 is 6.28. The topological polar surface area (TPSA) is 21.3 Å². The van der Waals surface area contributed by atoms with Crippen LogP contribution in [-0.2, 0) is 11.3 Å². The van der Waals surface area contributed by atoms with E-state index in [1.165, 1.54) is 15.6 Å². The third-order valence-electron chi connectivity index (χ3n) is 2.47. The normalized spacial score (nSPS) is 16.7. The van der Waals surface area contributed by atoms with Gasteiger partial charge < -0.3 is 10.1 Å². The maximum absolute atomic E-state index is 5.09. The van der Waals surface area contributed by atoms with E-state index >= 15 is 0 Å². The Morgan fingerprint density at radius 1 is 1.50 bits per heavy atom. The molecule has 1 aliphatic heterocycles. The zero-order valence-corrected chi connectivity index (χ0v) is 9.80. The van der Waals surface area contributed by atoms with Gasteiger partial charge in [-0.1, -0.05) is 28.1 Å². The molecular weight excluding hydrogens is 242 g/mol.